The van der Waals surface area contributed by atoms with E-state index in [0.29, 0.717) is 36.3 Å². The highest BCUT2D eigenvalue weighted by atomic mass is 19.1. The van der Waals surface area contributed by atoms with Crippen LogP contribution in [0.4, 0.5) is 10.1 Å². The Balaban J connectivity index is 1.61. The second kappa shape index (κ2) is 7.83. The van der Waals surface area contributed by atoms with Crippen LogP contribution in [-0.2, 0) is 22.4 Å². The van der Waals surface area contributed by atoms with Crippen LogP contribution < -0.4 is 10.6 Å². The van der Waals surface area contributed by atoms with Crippen LogP contribution in [0.25, 0.3) is 11.6 Å². The molecule has 2 aromatic rings. The smallest absolute Gasteiger partial charge is 0.256 e. The van der Waals surface area contributed by atoms with Gasteiger partial charge in [0, 0.05) is 48.7 Å². The molecule has 0 saturated carbocycles. The second-order valence-corrected chi connectivity index (χ2v) is 7.48. The fraction of sp³-hybridized carbons (Fsp3) is 0.364. The van der Waals surface area contributed by atoms with Gasteiger partial charge in [-0.3, -0.25) is 9.59 Å². The molecule has 2 amide bonds. The van der Waals surface area contributed by atoms with E-state index in [1.165, 1.54) is 12.1 Å². The lowest BCUT2D eigenvalue weighted by atomic mass is 10.0. The van der Waals surface area contributed by atoms with Crippen LogP contribution in [0.15, 0.2) is 18.2 Å². The molecule has 1 aromatic heterocycles. The molecule has 0 atom stereocenters. The third-order valence-electron chi connectivity index (χ3n) is 5.68. The predicted octanol–water partition coefficient (Wildman–Crippen LogP) is 2.49. The number of H-pyrrole nitrogens is 1. The Kier molecular flexibility index (Phi) is 5.24. The molecule has 0 spiro atoms. The number of aromatic nitrogens is 1. The minimum Gasteiger partial charge on any atom is -0.358 e. The molecule has 29 heavy (non-hydrogen) atoms. The minimum atomic E-state index is -0.381. The number of benzene rings is 1. The summed E-state index contributed by atoms with van der Waals surface area (Å²) in [6.07, 6.45) is 2.86. The van der Waals surface area contributed by atoms with Crippen molar-refractivity contribution in [1.29, 1.82) is 0 Å². The molecule has 0 aliphatic carbocycles. The number of rotatable bonds is 5. The van der Waals surface area contributed by atoms with Gasteiger partial charge in [-0.1, -0.05) is 6.92 Å². The zero-order valence-corrected chi connectivity index (χ0v) is 16.7. The average Bonchev–Trinajstić information content (AvgIpc) is 3.09. The van der Waals surface area contributed by atoms with Crippen molar-refractivity contribution in [3.63, 3.8) is 0 Å². The monoisotopic (exact) mass is 396 g/mol. The predicted molar refractivity (Wildman–Crippen MR) is 111 cm³/mol. The highest BCUT2D eigenvalue weighted by Gasteiger charge is 2.27. The highest BCUT2D eigenvalue weighted by Crippen LogP contribution is 2.34. The number of halogens is 1. The standard InChI is InChI=1S/C22H25FN4O2/c1-3-24-7-9-27-8-6-19-15(12-21(27)28)13(2)20(25-19)11-17-16-10-14(23)4-5-18(16)26-22(17)29/h4-5,10-11,24-25H,3,6-9,12H2,1-2H3,(H,26,29)/b17-11-. The van der Waals surface area contributed by atoms with Crippen LogP contribution >= 0.6 is 0 Å². The summed E-state index contributed by atoms with van der Waals surface area (Å²) in [6.45, 7) is 7.06. The largest absolute Gasteiger partial charge is 0.358 e. The van der Waals surface area contributed by atoms with E-state index in [1.807, 2.05) is 18.7 Å². The van der Waals surface area contributed by atoms with Crippen molar-refractivity contribution >= 4 is 29.2 Å². The van der Waals surface area contributed by atoms with Crippen LogP contribution in [0.2, 0.25) is 0 Å². The fourth-order valence-electron chi connectivity index (χ4n) is 4.03. The van der Waals surface area contributed by atoms with Gasteiger partial charge in [0.05, 0.1) is 12.0 Å². The molecule has 1 aromatic carbocycles. The number of carbonyl (C=O) groups is 2. The maximum Gasteiger partial charge on any atom is 0.256 e. The molecule has 0 unspecified atom stereocenters. The first-order chi connectivity index (χ1) is 14.0. The van der Waals surface area contributed by atoms with Crippen molar-refractivity contribution in [1.82, 2.24) is 15.2 Å². The topological polar surface area (TPSA) is 77.2 Å². The van der Waals surface area contributed by atoms with Crippen molar-refractivity contribution in [3.05, 3.63) is 52.1 Å². The first kappa shape index (κ1) is 19.4. The minimum absolute atomic E-state index is 0.119. The van der Waals surface area contributed by atoms with E-state index in [4.69, 9.17) is 0 Å². The summed E-state index contributed by atoms with van der Waals surface area (Å²) >= 11 is 0. The normalized spacial score (nSPS) is 17.3. The van der Waals surface area contributed by atoms with Crippen molar-refractivity contribution in [2.24, 2.45) is 0 Å². The maximum atomic E-state index is 13.7. The van der Waals surface area contributed by atoms with E-state index in [0.717, 1.165) is 42.0 Å². The van der Waals surface area contributed by atoms with Gasteiger partial charge < -0.3 is 20.5 Å². The average molecular weight is 396 g/mol. The molecule has 6 nitrogen and oxygen atoms in total. The number of fused-ring (bicyclic) bond motifs is 2. The Morgan fingerprint density at radius 3 is 2.93 bits per heavy atom. The SMILES string of the molecule is CCNCCN1CCc2[nH]c(/C=C3\C(=O)Nc4ccc(F)cc43)c(C)c2CC1=O. The summed E-state index contributed by atoms with van der Waals surface area (Å²) in [5, 5.41) is 6.02. The van der Waals surface area contributed by atoms with Gasteiger partial charge in [-0.05, 0) is 48.9 Å². The van der Waals surface area contributed by atoms with E-state index >= 15 is 0 Å². The molecule has 2 aliphatic heterocycles. The maximum absolute atomic E-state index is 13.7. The highest BCUT2D eigenvalue weighted by molar-refractivity contribution is 6.34. The molecule has 0 saturated heterocycles. The Morgan fingerprint density at radius 1 is 1.31 bits per heavy atom. The van der Waals surface area contributed by atoms with E-state index in [-0.39, 0.29) is 17.6 Å². The summed E-state index contributed by atoms with van der Waals surface area (Å²) in [7, 11) is 0. The lowest BCUT2D eigenvalue weighted by Crippen LogP contribution is -2.37. The van der Waals surface area contributed by atoms with Crippen molar-refractivity contribution < 1.29 is 14.0 Å². The summed E-state index contributed by atoms with van der Waals surface area (Å²) in [5.41, 5.74) is 5.40. The van der Waals surface area contributed by atoms with Gasteiger partial charge >= 0.3 is 0 Å². The number of likely N-dealkylation sites (N-methyl/N-ethyl adjacent to an activating group) is 1. The number of aromatic amines is 1. The molecule has 2 aliphatic rings. The Labute approximate surface area is 169 Å². The summed E-state index contributed by atoms with van der Waals surface area (Å²) in [6, 6.07) is 4.27. The summed E-state index contributed by atoms with van der Waals surface area (Å²) in [5.74, 6) is -0.511. The number of nitrogens with one attached hydrogen (secondary N) is 3. The van der Waals surface area contributed by atoms with Crippen molar-refractivity contribution in [2.75, 3.05) is 31.5 Å². The van der Waals surface area contributed by atoms with Crippen LogP contribution in [0.5, 0.6) is 0 Å². The Morgan fingerprint density at radius 2 is 2.14 bits per heavy atom. The molecular weight excluding hydrogens is 371 g/mol. The zero-order valence-electron chi connectivity index (χ0n) is 16.7. The first-order valence-corrected chi connectivity index (χ1v) is 9.99. The lowest BCUT2D eigenvalue weighted by molar-refractivity contribution is -0.130. The number of carbonyl (C=O) groups excluding carboxylic acids is 2. The van der Waals surface area contributed by atoms with E-state index in [2.05, 4.69) is 15.6 Å². The van der Waals surface area contributed by atoms with Crippen LogP contribution in [0.3, 0.4) is 0 Å². The summed E-state index contributed by atoms with van der Waals surface area (Å²) in [4.78, 5) is 30.4. The van der Waals surface area contributed by atoms with E-state index in [1.54, 1.807) is 12.1 Å². The fourth-order valence-corrected chi connectivity index (χ4v) is 4.03. The van der Waals surface area contributed by atoms with Gasteiger partial charge in [0.25, 0.3) is 5.91 Å². The first-order valence-electron chi connectivity index (χ1n) is 9.99. The molecule has 7 heteroatoms. The Hall–Kier alpha value is -2.93. The lowest BCUT2D eigenvalue weighted by Gasteiger charge is -2.20. The number of anilines is 1. The van der Waals surface area contributed by atoms with Gasteiger partial charge in [0.15, 0.2) is 0 Å². The van der Waals surface area contributed by atoms with E-state index < -0.39 is 0 Å². The molecule has 4 rings (SSSR count). The van der Waals surface area contributed by atoms with Gasteiger partial charge in [0.1, 0.15) is 5.82 Å². The third kappa shape index (κ3) is 3.70. The van der Waals surface area contributed by atoms with Crippen molar-refractivity contribution in [3.8, 4) is 0 Å². The quantitative estimate of drug-likeness (QED) is 0.537. The van der Waals surface area contributed by atoms with Gasteiger partial charge in [-0.15, -0.1) is 0 Å². The van der Waals surface area contributed by atoms with Crippen LogP contribution in [0, 0.1) is 12.7 Å². The van der Waals surface area contributed by atoms with Gasteiger partial charge in [0.2, 0.25) is 5.91 Å². The van der Waals surface area contributed by atoms with Crippen LogP contribution in [0.1, 0.15) is 35.0 Å². The van der Waals surface area contributed by atoms with Gasteiger partial charge in [-0.2, -0.15) is 0 Å². The third-order valence-corrected chi connectivity index (χ3v) is 5.68. The number of hydrogen-bond acceptors (Lipinski definition) is 3. The molecule has 0 radical (unpaired) electrons. The molecular formula is C22H25FN4O2. The number of nitrogens with zero attached hydrogens (tertiary/aromatic N) is 1. The molecule has 0 bridgehead atoms. The molecule has 3 heterocycles. The molecule has 0 fully saturated rings. The Bertz CT molecular complexity index is 1010. The van der Waals surface area contributed by atoms with E-state index in [9.17, 15) is 14.0 Å². The molecule has 3 N–H and O–H groups in total. The summed E-state index contributed by atoms with van der Waals surface area (Å²) < 4.78 is 13.7. The second-order valence-electron chi connectivity index (χ2n) is 7.48. The number of hydrogen-bond donors (Lipinski definition) is 3. The molecule has 152 valence electrons. The van der Waals surface area contributed by atoms with Gasteiger partial charge in [-0.25, -0.2) is 4.39 Å². The van der Waals surface area contributed by atoms with Crippen molar-refractivity contribution in [2.45, 2.75) is 26.7 Å². The van der Waals surface area contributed by atoms with Crippen LogP contribution in [-0.4, -0.2) is 47.9 Å². The zero-order chi connectivity index (χ0) is 20.5. The number of amides is 2.